The molecule has 1 amide bonds. The molecule has 1 aliphatic rings. The Balaban J connectivity index is 1.55. The zero-order chi connectivity index (χ0) is 21.6. The van der Waals surface area contributed by atoms with Crippen LogP contribution in [0.15, 0.2) is 47.2 Å². The molecule has 1 saturated heterocycles. The molecule has 0 unspecified atom stereocenters. The molecule has 0 spiro atoms. The van der Waals surface area contributed by atoms with Crippen LogP contribution >= 0.6 is 11.3 Å². The van der Waals surface area contributed by atoms with Crippen LogP contribution in [0, 0.1) is 0 Å². The smallest absolute Gasteiger partial charge is 0.358 e. The van der Waals surface area contributed by atoms with Gasteiger partial charge in [0.15, 0.2) is 17.4 Å². The molecule has 0 saturated carbocycles. The maximum atomic E-state index is 12.6. The molecule has 2 N–H and O–H groups in total. The minimum atomic E-state index is -3.59. The number of thiazole rings is 1. The zero-order valence-corrected chi connectivity index (χ0v) is 17.8. The summed E-state index contributed by atoms with van der Waals surface area (Å²) in [5, 5.41) is 7.57. The molecule has 0 radical (unpaired) electrons. The lowest BCUT2D eigenvalue weighted by molar-refractivity contribution is -0.119. The topological polar surface area (TPSA) is 118 Å². The van der Waals surface area contributed by atoms with Gasteiger partial charge < -0.3 is 15.4 Å². The fourth-order valence-electron chi connectivity index (χ4n) is 2.82. The van der Waals surface area contributed by atoms with Crippen molar-refractivity contribution in [2.75, 3.05) is 36.9 Å². The molecule has 1 aromatic heterocycles. The third-order valence-electron chi connectivity index (χ3n) is 4.27. The Hall–Kier alpha value is -2.76. The Morgan fingerprint density at radius 3 is 2.80 bits per heavy atom. The standard InChI is InChI=1S/C19H22N4O5S2/c1-2-8-20-19-22-16(13-29-19)18(25)28-12-17(24)21-14-6-5-7-15(11-14)30(26,27)23-9-3-4-10-23/h2,5-7,11,13H,1,3-4,8-10,12H2,(H,20,22)(H,21,24). The van der Waals surface area contributed by atoms with Crippen molar-refractivity contribution >= 4 is 44.1 Å². The first kappa shape index (κ1) is 21.9. The quantitative estimate of drug-likeness (QED) is 0.445. The lowest BCUT2D eigenvalue weighted by atomic mass is 10.3. The maximum absolute atomic E-state index is 12.6. The van der Waals surface area contributed by atoms with Gasteiger partial charge in [0.1, 0.15) is 0 Å². The van der Waals surface area contributed by atoms with Gasteiger partial charge in [0.2, 0.25) is 10.0 Å². The first-order valence-electron chi connectivity index (χ1n) is 9.27. The minimum Gasteiger partial charge on any atom is -0.451 e. The minimum absolute atomic E-state index is 0.0954. The highest BCUT2D eigenvalue weighted by Crippen LogP contribution is 2.23. The third kappa shape index (κ3) is 5.43. The number of hydrogen-bond acceptors (Lipinski definition) is 8. The predicted molar refractivity (Wildman–Crippen MR) is 114 cm³/mol. The second-order valence-corrected chi connectivity index (χ2v) is 9.27. The Bertz CT molecular complexity index is 1030. The number of sulfonamides is 1. The molecule has 0 aliphatic carbocycles. The van der Waals surface area contributed by atoms with Gasteiger partial charge in [-0.2, -0.15) is 4.31 Å². The third-order valence-corrected chi connectivity index (χ3v) is 6.96. The first-order valence-corrected chi connectivity index (χ1v) is 11.6. The van der Waals surface area contributed by atoms with E-state index in [1.54, 1.807) is 18.2 Å². The average Bonchev–Trinajstić information content (AvgIpc) is 3.43. The number of hydrogen-bond donors (Lipinski definition) is 2. The Labute approximate surface area is 178 Å². The molecule has 0 bridgehead atoms. The van der Waals surface area contributed by atoms with E-state index in [-0.39, 0.29) is 10.6 Å². The summed E-state index contributed by atoms with van der Waals surface area (Å²) >= 11 is 1.24. The summed E-state index contributed by atoms with van der Waals surface area (Å²) in [4.78, 5) is 28.3. The van der Waals surface area contributed by atoms with Crippen LogP contribution in [0.5, 0.6) is 0 Å². The van der Waals surface area contributed by atoms with E-state index in [2.05, 4.69) is 22.2 Å². The second-order valence-electron chi connectivity index (χ2n) is 6.47. The molecular weight excluding hydrogens is 428 g/mol. The molecule has 30 heavy (non-hydrogen) atoms. The molecule has 1 aliphatic heterocycles. The molecule has 1 fully saturated rings. The van der Waals surface area contributed by atoms with E-state index in [0.29, 0.717) is 30.5 Å². The first-order chi connectivity index (χ1) is 14.4. The van der Waals surface area contributed by atoms with Gasteiger partial charge in [-0.1, -0.05) is 12.1 Å². The maximum Gasteiger partial charge on any atom is 0.358 e. The lowest BCUT2D eigenvalue weighted by Gasteiger charge is -2.16. The molecule has 3 rings (SSSR count). The second kappa shape index (κ2) is 9.83. The van der Waals surface area contributed by atoms with Crippen LogP contribution in [0.2, 0.25) is 0 Å². The number of ether oxygens (including phenoxy) is 1. The van der Waals surface area contributed by atoms with Crippen molar-refractivity contribution in [2.24, 2.45) is 0 Å². The normalized spacial score (nSPS) is 14.3. The van der Waals surface area contributed by atoms with Crippen LogP contribution in [0.1, 0.15) is 23.3 Å². The molecule has 2 heterocycles. The predicted octanol–water partition coefficient (Wildman–Crippen LogP) is 2.32. The van der Waals surface area contributed by atoms with Gasteiger partial charge in [-0.15, -0.1) is 17.9 Å². The monoisotopic (exact) mass is 450 g/mol. The van der Waals surface area contributed by atoms with Crippen molar-refractivity contribution in [1.82, 2.24) is 9.29 Å². The van der Waals surface area contributed by atoms with Crippen molar-refractivity contribution < 1.29 is 22.7 Å². The number of nitrogens with zero attached hydrogens (tertiary/aromatic N) is 2. The van der Waals surface area contributed by atoms with Crippen LogP contribution in [0.4, 0.5) is 10.8 Å². The summed E-state index contributed by atoms with van der Waals surface area (Å²) in [7, 11) is -3.59. The number of carbonyl (C=O) groups excluding carboxylic acids is 2. The van der Waals surface area contributed by atoms with Gasteiger partial charge in [-0.05, 0) is 31.0 Å². The van der Waals surface area contributed by atoms with E-state index in [0.717, 1.165) is 12.8 Å². The van der Waals surface area contributed by atoms with Crippen molar-refractivity contribution in [3.8, 4) is 0 Å². The highest BCUT2D eigenvalue weighted by Gasteiger charge is 2.27. The SMILES string of the molecule is C=CCNc1nc(C(=O)OCC(=O)Nc2cccc(S(=O)(=O)N3CCCC3)c2)cs1. The van der Waals surface area contributed by atoms with Crippen LogP contribution in [-0.2, 0) is 19.6 Å². The number of amides is 1. The summed E-state index contributed by atoms with van der Waals surface area (Å²) in [5.74, 6) is -1.31. The number of benzene rings is 1. The molecule has 0 atom stereocenters. The summed E-state index contributed by atoms with van der Waals surface area (Å²) in [6.07, 6.45) is 3.34. The van der Waals surface area contributed by atoms with Crippen molar-refractivity contribution in [2.45, 2.75) is 17.7 Å². The number of nitrogens with one attached hydrogen (secondary N) is 2. The van der Waals surface area contributed by atoms with E-state index in [1.165, 1.54) is 33.2 Å². The number of rotatable bonds is 9. The number of anilines is 2. The van der Waals surface area contributed by atoms with Crippen LogP contribution in [0.25, 0.3) is 0 Å². The van der Waals surface area contributed by atoms with Crippen molar-refractivity contribution in [1.29, 1.82) is 0 Å². The summed E-state index contributed by atoms with van der Waals surface area (Å²) in [5.41, 5.74) is 0.402. The van der Waals surface area contributed by atoms with Crippen molar-refractivity contribution in [3.05, 3.63) is 48.0 Å². The fourth-order valence-corrected chi connectivity index (χ4v) is 5.08. The average molecular weight is 451 g/mol. The number of carbonyl (C=O) groups is 2. The lowest BCUT2D eigenvalue weighted by Crippen LogP contribution is -2.28. The van der Waals surface area contributed by atoms with Crippen LogP contribution < -0.4 is 10.6 Å². The van der Waals surface area contributed by atoms with Gasteiger partial charge >= 0.3 is 5.97 Å². The van der Waals surface area contributed by atoms with E-state index < -0.39 is 28.5 Å². The van der Waals surface area contributed by atoms with Gasteiger partial charge in [-0.25, -0.2) is 18.2 Å². The van der Waals surface area contributed by atoms with Crippen LogP contribution in [0.3, 0.4) is 0 Å². The molecule has 2 aromatic rings. The molecule has 160 valence electrons. The Morgan fingerprint density at radius 1 is 1.30 bits per heavy atom. The number of esters is 1. The highest BCUT2D eigenvalue weighted by molar-refractivity contribution is 7.89. The van der Waals surface area contributed by atoms with Crippen molar-refractivity contribution in [3.63, 3.8) is 0 Å². The molecule has 11 heteroatoms. The molecular formula is C19H22N4O5S2. The fraction of sp³-hybridized carbons (Fsp3) is 0.316. The van der Waals surface area contributed by atoms with Gasteiger partial charge in [0.05, 0.1) is 4.90 Å². The van der Waals surface area contributed by atoms with Gasteiger partial charge in [-0.3, -0.25) is 4.79 Å². The zero-order valence-electron chi connectivity index (χ0n) is 16.2. The summed E-state index contributed by atoms with van der Waals surface area (Å²) < 4.78 is 31.7. The highest BCUT2D eigenvalue weighted by atomic mass is 32.2. The van der Waals surface area contributed by atoms with Gasteiger partial charge in [0, 0.05) is 30.7 Å². The summed E-state index contributed by atoms with van der Waals surface area (Å²) in [6, 6.07) is 6.01. The van der Waals surface area contributed by atoms with Gasteiger partial charge in [0.25, 0.3) is 5.91 Å². The Morgan fingerprint density at radius 2 is 2.07 bits per heavy atom. The largest absolute Gasteiger partial charge is 0.451 e. The van der Waals surface area contributed by atoms with E-state index >= 15 is 0 Å². The van der Waals surface area contributed by atoms with E-state index in [4.69, 9.17) is 4.74 Å². The van der Waals surface area contributed by atoms with E-state index in [1.807, 2.05) is 0 Å². The van der Waals surface area contributed by atoms with Crippen LogP contribution in [-0.4, -0.2) is 55.8 Å². The number of aromatic nitrogens is 1. The van der Waals surface area contributed by atoms with E-state index in [9.17, 15) is 18.0 Å². The summed E-state index contributed by atoms with van der Waals surface area (Å²) in [6.45, 7) is 4.57. The molecule has 1 aromatic carbocycles. The Kier molecular flexibility index (Phi) is 7.19. The molecule has 9 nitrogen and oxygen atoms in total.